The Labute approximate surface area is 188 Å². The van der Waals surface area contributed by atoms with Crippen LogP contribution in [0.15, 0.2) is 58.1 Å². The van der Waals surface area contributed by atoms with Gasteiger partial charge in [0.15, 0.2) is 17.3 Å². The van der Waals surface area contributed by atoms with Crippen molar-refractivity contribution in [2.45, 2.75) is 20.0 Å². The van der Waals surface area contributed by atoms with Gasteiger partial charge in [0.1, 0.15) is 11.7 Å². The smallest absolute Gasteiger partial charge is 0.283 e. The van der Waals surface area contributed by atoms with Gasteiger partial charge in [-0.3, -0.25) is 10.2 Å². The zero-order valence-electron chi connectivity index (χ0n) is 16.9. The number of aliphatic imine (C=N–C) groups is 1. The molecule has 0 aromatic heterocycles. The summed E-state index contributed by atoms with van der Waals surface area (Å²) >= 11 is 7.50. The number of amides is 1. The summed E-state index contributed by atoms with van der Waals surface area (Å²) in [6.45, 7) is 2.26. The third-order valence-corrected chi connectivity index (χ3v) is 6.06. The highest BCUT2D eigenvalue weighted by atomic mass is 35.5. The molecule has 7 nitrogen and oxygen atoms in total. The van der Waals surface area contributed by atoms with E-state index in [9.17, 15) is 4.79 Å². The van der Waals surface area contributed by atoms with E-state index in [4.69, 9.17) is 26.5 Å². The molecule has 4 rings (SSSR count). The number of hydrazone groups is 1. The highest BCUT2D eigenvalue weighted by molar-refractivity contribution is 8.26. The first-order valence-corrected chi connectivity index (χ1v) is 10.7. The zero-order chi connectivity index (χ0) is 22.0. The lowest BCUT2D eigenvalue weighted by atomic mass is 10.1. The topological polar surface area (TPSA) is 87.3 Å². The van der Waals surface area contributed by atoms with Crippen LogP contribution < -0.4 is 9.47 Å². The molecule has 2 aromatic rings. The summed E-state index contributed by atoms with van der Waals surface area (Å²) in [5.41, 5.74) is 1.71. The summed E-state index contributed by atoms with van der Waals surface area (Å²) in [4.78, 5) is 16.6. The highest BCUT2D eigenvalue weighted by Crippen LogP contribution is 2.32. The van der Waals surface area contributed by atoms with Crippen LogP contribution in [0.5, 0.6) is 11.5 Å². The Hall–Kier alpha value is -3.10. The van der Waals surface area contributed by atoms with Crippen molar-refractivity contribution in [3.05, 3.63) is 64.2 Å². The van der Waals surface area contributed by atoms with Crippen LogP contribution in [-0.2, 0) is 11.4 Å². The number of ether oxygens (including phenoxy) is 2. The number of nitrogens with one attached hydrogen (secondary N) is 1. The number of methoxy groups -OCH3 is 1. The summed E-state index contributed by atoms with van der Waals surface area (Å²) < 4.78 is 11.3. The number of hydrogen-bond acceptors (Lipinski definition) is 6. The number of nitrogens with zero attached hydrogens (tertiary/aromatic N) is 3. The quantitative estimate of drug-likeness (QED) is 0.623. The fourth-order valence-corrected chi connectivity index (χ4v) is 4.02. The van der Waals surface area contributed by atoms with E-state index in [0.29, 0.717) is 40.3 Å². The minimum atomic E-state index is -0.464. The molecule has 0 atom stereocenters. The number of benzene rings is 2. The van der Waals surface area contributed by atoms with E-state index in [1.807, 2.05) is 31.2 Å². The lowest BCUT2D eigenvalue weighted by Gasteiger charge is -2.20. The molecule has 0 radical (unpaired) electrons. The molecule has 1 amide bonds. The monoisotopic (exact) mass is 454 g/mol. The van der Waals surface area contributed by atoms with Crippen LogP contribution in [-0.4, -0.2) is 34.1 Å². The van der Waals surface area contributed by atoms with Crippen LogP contribution >= 0.6 is 23.4 Å². The van der Waals surface area contributed by atoms with E-state index in [1.54, 1.807) is 31.4 Å². The summed E-state index contributed by atoms with van der Waals surface area (Å²) in [5, 5.41) is 16.0. The molecule has 9 heteroatoms. The standard InChI is InChI=1S/C22H19ClN4O3S/c1-3-19-26-27-20(24)15(21(28)25-22(27)31-19)10-13-8-9-17(18(11-13)29-2)30-12-14-6-4-5-7-16(14)23/h4-11,24H,3,12H2,1-2H3. The lowest BCUT2D eigenvalue weighted by molar-refractivity contribution is -0.114. The molecular formula is C22H19ClN4O3S. The van der Waals surface area contributed by atoms with Gasteiger partial charge in [-0.25, -0.2) is 0 Å². The molecule has 0 saturated carbocycles. The van der Waals surface area contributed by atoms with Crippen molar-refractivity contribution in [1.29, 1.82) is 5.41 Å². The third kappa shape index (κ3) is 4.35. The zero-order valence-corrected chi connectivity index (χ0v) is 18.5. The molecule has 1 N–H and O–H groups in total. The van der Waals surface area contributed by atoms with E-state index < -0.39 is 5.91 Å². The highest BCUT2D eigenvalue weighted by Gasteiger charge is 2.35. The summed E-state index contributed by atoms with van der Waals surface area (Å²) in [6, 6.07) is 12.8. The maximum Gasteiger partial charge on any atom is 0.283 e. The van der Waals surface area contributed by atoms with Crippen molar-refractivity contribution in [3.63, 3.8) is 0 Å². The molecular weight excluding hydrogens is 436 g/mol. The van der Waals surface area contributed by atoms with Crippen molar-refractivity contribution >= 4 is 51.4 Å². The number of thioether (sulfide) groups is 1. The number of amidine groups is 2. The van der Waals surface area contributed by atoms with Gasteiger partial charge < -0.3 is 9.47 Å². The first-order chi connectivity index (χ1) is 15.0. The van der Waals surface area contributed by atoms with E-state index in [-0.39, 0.29) is 11.4 Å². The van der Waals surface area contributed by atoms with E-state index in [0.717, 1.165) is 10.6 Å². The van der Waals surface area contributed by atoms with Gasteiger partial charge in [-0.05, 0) is 48.0 Å². The van der Waals surface area contributed by atoms with Crippen molar-refractivity contribution < 1.29 is 14.3 Å². The summed E-state index contributed by atoms with van der Waals surface area (Å²) in [6.07, 6.45) is 2.32. The molecule has 0 unspecified atom stereocenters. The summed E-state index contributed by atoms with van der Waals surface area (Å²) in [7, 11) is 1.54. The van der Waals surface area contributed by atoms with Gasteiger partial charge in [-0.15, -0.1) is 0 Å². The van der Waals surface area contributed by atoms with Gasteiger partial charge in [0.2, 0.25) is 5.17 Å². The van der Waals surface area contributed by atoms with E-state index in [1.165, 1.54) is 16.8 Å². The Balaban J connectivity index is 1.57. The Morgan fingerprint density at radius 3 is 2.77 bits per heavy atom. The van der Waals surface area contributed by atoms with Gasteiger partial charge in [0.25, 0.3) is 5.91 Å². The Kier molecular flexibility index (Phi) is 6.11. The lowest BCUT2D eigenvalue weighted by Crippen LogP contribution is -2.35. The van der Waals surface area contributed by atoms with E-state index >= 15 is 0 Å². The fourth-order valence-electron chi connectivity index (χ4n) is 3.01. The van der Waals surface area contributed by atoms with Crippen LogP contribution in [0.4, 0.5) is 0 Å². The number of carbonyl (C=O) groups is 1. The number of fused-ring (bicyclic) bond motifs is 1. The average Bonchev–Trinajstić information content (AvgIpc) is 3.19. The van der Waals surface area contributed by atoms with E-state index in [2.05, 4.69) is 10.1 Å². The molecule has 0 bridgehead atoms. The minimum Gasteiger partial charge on any atom is -0.493 e. The molecule has 0 aliphatic carbocycles. The molecule has 0 spiro atoms. The van der Waals surface area contributed by atoms with Gasteiger partial charge in [0, 0.05) is 10.6 Å². The maximum absolute atomic E-state index is 12.5. The Morgan fingerprint density at radius 2 is 2.03 bits per heavy atom. The first-order valence-electron chi connectivity index (χ1n) is 9.53. The number of halogens is 1. The van der Waals surface area contributed by atoms with Crippen LogP contribution in [0.1, 0.15) is 24.5 Å². The van der Waals surface area contributed by atoms with Crippen LogP contribution in [0.25, 0.3) is 6.08 Å². The molecule has 31 heavy (non-hydrogen) atoms. The number of hydrogen-bond donors (Lipinski definition) is 1. The fraction of sp³-hybridized carbons (Fsp3) is 0.182. The second-order valence-electron chi connectivity index (χ2n) is 6.66. The van der Waals surface area contributed by atoms with Gasteiger partial charge in [0.05, 0.1) is 12.7 Å². The largest absolute Gasteiger partial charge is 0.493 e. The molecule has 0 fully saturated rings. The van der Waals surface area contributed by atoms with Crippen LogP contribution in [0.2, 0.25) is 5.02 Å². The molecule has 2 aliphatic rings. The normalized spacial score (nSPS) is 16.9. The molecule has 2 aliphatic heterocycles. The minimum absolute atomic E-state index is 0.00367. The Bertz CT molecular complexity index is 1160. The maximum atomic E-state index is 12.5. The number of rotatable bonds is 6. The summed E-state index contributed by atoms with van der Waals surface area (Å²) in [5.74, 6) is 0.588. The Morgan fingerprint density at radius 1 is 1.23 bits per heavy atom. The van der Waals surface area contributed by atoms with Crippen molar-refractivity contribution in [2.75, 3.05) is 7.11 Å². The first kappa shape index (κ1) is 21.1. The number of carbonyl (C=O) groups excluding carboxylic acids is 1. The molecule has 2 aromatic carbocycles. The van der Waals surface area contributed by atoms with Crippen molar-refractivity contribution in [3.8, 4) is 11.5 Å². The van der Waals surface area contributed by atoms with Crippen LogP contribution in [0, 0.1) is 5.41 Å². The predicted octanol–water partition coefficient (Wildman–Crippen LogP) is 4.96. The SMILES string of the molecule is CCC1=NN2C(=N)C(=Cc3ccc(OCc4ccccc4Cl)c(OC)c3)C(=O)N=C2S1. The van der Waals surface area contributed by atoms with Crippen molar-refractivity contribution in [1.82, 2.24) is 5.01 Å². The second-order valence-corrected chi connectivity index (χ2v) is 8.11. The second kappa shape index (κ2) is 8.95. The molecule has 158 valence electrons. The van der Waals surface area contributed by atoms with Crippen molar-refractivity contribution in [2.24, 2.45) is 10.1 Å². The van der Waals surface area contributed by atoms with Crippen LogP contribution in [0.3, 0.4) is 0 Å². The molecule has 2 heterocycles. The van der Waals surface area contributed by atoms with Gasteiger partial charge >= 0.3 is 0 Å². The molecule has 0 saturated heterocycles. The predicted molar refractivity (Wildman–Crippen MR) is 124 cm³/mol. The van der Waals surface area contributed by atoms with Gasteiger partial charge in [-0.2, -0.15) is 15.1 Å². The van der Waals surface area contributed by atoms with Gasteiger partial charge in [-0.1, -0.05) is 42.8 Å². The third-order valence-electron chi connectivity index (χ3n) is 4.64. The average molecular weight is 455 g/mol.